The highest BCUT2D eigenvalue weighted by atomic mass is 31.0. The van der Waals surface area contributed by atoms with E-state index in [2.05, 4.69) is 20.6 Å². The van der Waals surface area contributed by atoms with E-state index in [1.807, 2.05) is 0 Å². The number of nitrogen functional groups attached to an aromatic ring is 1. The van der Waals surface area contributed by atoms with Crippen molar-refractivity contribution in [2.24, 2.45) is 0 Å². The van der Waals surface area contributed by atoms with Gasteiger partial charge in [-0.1, -0.05) is 21.4 Å². The SMILES string of the molecule is Nc1ncnc2occ(-c3ccc(NC(=O)Nc4cc(C(F)(F)P)ccc4F)cc3)c12. The lowest BCUT2D eigenvalue weighted by molar-refractivity contribution is 0.104. The second-order valence-electron chi connectivity index (χ2n) is 6.56. The third kappa shape index (κ3) is 4.29. The van der Waals surface area contributed by atoms with Crippen molar-refractivity contribution in [2.75, 3.05) is 16.4 Å². The van der Waals surface area contributed by atoms with Gasteiger partial charge in [-0.3, -0.25) is 0 Å². The average Bonchev–Trinajstić information content (AvgIpc) is 3.15. The van der Waals surface area contributed by atoms with Crippen molar-refractivity contribution in [3.8, 4) is 11.1 Å². The van der Waals surface area contributed by atoms with Gasteiger partial charge in [-0.05, 0) is 35.9 Å². The second-order valence-corrected chi connectivity index (χ2v) is 7.29. The van der Waals surface area contributed by atoms with Crippen LogP contribution in [0, 0.1) is 5.82 Å². The fourth-order valence-corrected chi connectivity index (χ4v) is 3.14. The zero-order valence-electron chi connectivity index (χ0n) is 15.7. The van der Waals surface area contributed by atoms with E-state index < -0.39 is 23.1 Å². The van der Waals surface area contributed by atoms with Gasteiger partial charge < -0.3 is 20.8 Å². The van der Waals surface area contributed by atoms with Crippen LogP contribution in [0.1, 0.15) is 5.56 Å². The van der Waals surface area contributed by atoms with Gasteiger partial charge >= 0.3 is 6.03 Å². The highest BCUT2D eigenvalue weighted by Crippen LogP contribution is 2.36. The van der Waals surface area contributed by atoms with Gasteiger partial charge in [-0.15, -0.1) is 0 Å². The number of fused-ring (bicyclic) bond motifs is 1. The molecule has 1 atom stereocenters. The average molecular weight is 445 g/mol. The van der Waals surface area contributed by atoms with Crippen molar-refractivity contribution >= 4 is 43.6 Å². The molecule has 4 rings (SSSR count). The van der Waals surface area contributed by atoms with Gasteiger partial charge in [0.1, 0.15) is 24.2 Å². The number of nitrogens with one attached hydrogen (secondary N) is 2. The largest absolute Gasteiger partial charge is 0.445 e. The Balaban J connectivity index is 1.50. The van der Waals surface area contributed by atoms with E-state index in [9.17, 15) is 18.0 Å². The number of anilines is 3. The Bertz CT molecular complexity index is 1270. The summed E-state index contributed by atoms with van der Waals surface area (Å²) in [6.45, 7) is 0. The topological polar surface area (TPSA) is 106 Å². The summed E-state index contributed by atoms with van der Waals surface area (Å²) >= 11 is 0. The van der Waals surface area contributed by atoms with Crippen molar-refractivity contribution in [2.45, 2.75) is 5.66 Å². The van der Waals surface area contributed by atoms with Gasteiger partial charge in [0.25, 0.3) is 5.66 Å². The highest BCUT2D eigenvalue weighted by molar-refractivity contribution is 7.17. The zero-order valence-corrected chi connectivity index (χ0v) is 16.9. The number of halogens is 3. The van der Waals surface area contributed by atoms with Crippen LogP contribution < -0.4 is 16.4 Å². The number of alkyl halides is 2. The molecular weight excluding hydrogens is 430 g/mol. The number of nitrogens with zero attached hydrogens (tertiary/aromatic N) is 2. The molecule has 0 aliphatic heterocycles. The monoisotopic (exact) mass is 445 g/mol. The number of aromatic nitrogens is 2. The van der Waals surface area contributed by atoms with E-state index >= 15 is 0 Å². The Labute approximate surface area is 176 Å². The molecule has 0 fully saturated rings. The lowest BCUT2D eigenvalue weighted by Crippen LogP contribution is -2.20. The standard InChI is InChI=1S/C20H15F3N5O2P/c21-14-6-3-11(20(22,23)31)7-15(14)28-19(29)27-12-4-1-10(2-5-12)13-8-30-18-16(13)17(24)25-9-26-18/h1-9H,31H2,(H2,24,25,26)(H2,27,28,29). The first-order valence-electron chi connectivity index (χ1n) is 8.85. The lowest BCUT2D eigenvalue weighted by atomic mass is 10.1. The first kappa shape index (κ1) is 20.6. The maximum atomic E-state index is 13.9. The number of nitrogens with two attached hydrogens (primary N) is 1. The fraction of sp³-hybridized carbons (Fsp3) is 0.0500. The third-order valence-corrected chi connectivity index (χ3v) is 4.79. The maximum absolute atomic E-state index is 13.9. The summed E-state index contributed by atoms with van der Waals surface area (Å²) in [6, 6.07) is 8.53. The summed E-state index contributed by atoms with van der Waals surface area (Å²) in [6.07, 6.45) is 2.80. The fourth-order valence-electron chi connectivity index (χ4n) is 2.96. The van der Waals surface area contributed by atoms with Gasteiger partial charge in [0.05, 0.1) is 11.1 Å². The molecule has 0 radical (unpaired) electrons. The van der Waals surface area contributed by atoms with Crippen molar-refractivity contribution in [3.05, 3.63) is 66.4 Å². The van der Waals surface area contributed by atoms with E-state index in [-0.39, 0.29) is 11.5 Å². The summed E-state index contributed by atoms with van der Waals surface area (Å²) in [5, 5.41) is 5.32. The van der Waals surface area contributed by atoms with Crippen molar-refractivity contribution < 1.29 is 22.4 Å². The third-order valence-electron chi connectivity index (χ3n) is 4.45. The molecule has 4 aromatic rings. The number of rotatable bonds is 4. The van der Waals surface area contributed by atoms with E-state index in [1.54, 1.807) is 24.3 Å². The molecule has 1 unspecified atom stereocenters. The molecule has 0 aliphatic rings. The number of carbonyl (C=O) groups excluding carboxylic acids is 1. The van der Waals surface area contributed by atoms with E-state index in [0.717, 1.165) is 23.8 Å². The number of benzene rings is 2. The molecule has 7 nitrogen and oxygen atoms in total. The molecular formula is C20H15F3N5O2P. The summed E-state index contributed by atoms with van der Waals surface area (Å²) in [4.78, 5) is 20.2. The molecule has 0 spiro atoms. The van der Waals surface area contributed by atoms with Gasteiger partial charge in [0.15, 0.2) is 0 Å². The first-order chi connectivity index (χ1) is 14.7. The predicted octanol–water partition coefficient (Wildman–Crippen LogP) is 5.18. The van der Waals surface area contributed by atoms with E-state index in [1.165, 1.54) is 21.8 Å². The summed E-state index contributed by atoms with van der Waals surface area (Å²) in [7, 11) is 1.36. The Hall–Kier alpha value is -3.65. The lowest BCUT2D eigenvalue weighted by Gasteiger charge is -2.14. The van der Waals surface area contributed by atoms with E-state index in [0.29, 0.717) is 22.4 Å². The zero-order chi connectivity index (χ0) is 22.2. The minimum Gasteiger partial charge on any atom is -0.445 e. The van der Waals surface area contributed by atoms with Gasteiger partial charge in [-0.25, -0.2) is 19.2 Å². The summed E-state index contributed by atoms with van der Waals surface area (Å²) < 4.78 is 46.1. The maximum Gasteiger partial charge on any atom is 0.323 e. The quantitative estimate of drug-likeness (QED) is 0.376. The van der Waals surface area contributed by atoms with Crippen LogP contribution >= 0.6 is 9.24 Å². The van der Waals surface area contributed by atoms with Crippen LogP contribution in [-0.4, -0.2) is 16.0 Å². The van der Waals surface area contributed by atoms with Crippen LogP contribution in [-0.2, 0) is 5.66 Å². The van der Waals surface area contributed by atoms with Crippen LogP contribution in [0.5, 0.6) is 0 Å². The Morgan fingerprint density at radius 1 is 1.10 bits per heavy atom. The number of furan rings is 1. The predicted molar refractivity (Wildman–Crippen MR) is 114 cm³/mol. The first-order valence-corrected chi connectivity index (χ1v) is 9.43. The Kier molecular flexibility index (Phi) is 5.24. The molecule has 0 saturated heterocycles. The van der Waals surface area contributed by atoms with Gasteiger partial charge in [0.2, 0.25) is 5.71 Å². The van der Waals surface area contributed by atoms with Crippen LogP contribution in [0.4, 0.5) is 35.2 Å². The number of hydrogen-bond acceptors (Lipinski definition) is 5. The molecule has 158 valence electrons. The molecule has 0 bridgehead atoms. The van der Waals surface area contributed by atoms with Crippen molar-refractivity contribution in [3.63, 3.8) is 0 Å². The summed E-state index contributed by atoms with van der Waals surface area (Å²) in [5.41, 5.74) is 4.01. The highest BCUT2D eigenvalue weighted by Gasteiger charge is 2.25. The second kappa shape index (κ2) is 7.88. The van der Waals surface area contributed by atoms with Crippen LogP contribution in [0.25, 0.3) is 22.2 Å². The molecule has 11 heteroatoms. The normalized spacial score (nSPS) is 11.5. The summed E-state index contributed by atoms with van der Waals surface area (Å²) in [5.74, 6) is -0.564. The van der Waals surface area contributed by atoms with Gasteiger partial charge in [-0.2, -0.15) is 8.78 Å². The molecule has 0 aliphatic carbocycles. The molecule has 2 heterocycles. The molecule has 2 aromatic heterocycles. The van der Waals surface area contributed by atoms with Crippen LogP contribution in [0.3, 0.4) is 0 Å². The Morgan fingerprint density at radius 2 is 1.84 bits per heavy atom. The smallest absolute Gasteiger partial charge is 0.323 e. The van der Waals surface area contributed by atoms with Crippen molar-refractivity contribution in [1.29, 1.82) is 0 Å². The van der Waals surface area contributed by atoms with Crippen LogP contribution in [0.2, 0.25) is 0 Å². The number of carbonyl (C=O) groups is 1. The Morgan fingerprint density at radius 3 is 2.55 bits per heavy atom. The molecule has 0 saturated carbocycles. The molecule has 31 heavy (non-hydrogen) atoms. The molecule has 4 N–H and O–H groups in total. The number of hydrogen-bond donors (Lipinski definition) is 3. The van der Waals surface area contributed by atoms with Gasteiger partial charge in [0, 0.05) is 16.8 Å². The van der Waals surface area contributed by atoms with Crippen LogP contribution in [0.15, 0.2) is 59.5 Å². The minimum atomic E-state index is -3.25. The number of urea groups is 1. The minimum absolute atomic E-state index is 0.274. The number of amides is 2. The van der Waals surface area contributed by atoms with E-state index in [4.69, 9.17) is 10.2 Å². The molecule has 2 aromatic carbocycles. The van der Waals surface area contributed by atoms with Crippen molar-refractivity contribution in [1.82, 2.24) is 9.97 Å². The molecule has 2 amide bonds.